The number of aromatic carboxylic acids is 1. The van der Waals surface area contributed by atoms with Gasteiger partial charge in [0.1, 0.15) is 12.2 Å². The number of benzene rings is 1. The van der Waals surface area contributed by atoms with Crippen molar-refractivity contribution in [3.05, 3.63) is 23.8 Å². The predicted octanol–water partition coefficient (Wildman–Crippen LogP) is 3.70. The van der Waals surface area contributed by atoms with E-state index in [0.29, 0.717) is 18.4 Å². The fourth-order valence-corrected chi connectivity index (χ4v) is 3.56. The monoisotopic (exact) mass is 289 g/mol. The van der Waals surface area contributed by atoms with Crippen molar-refractivity contribution < 1.29 is 14.6 Å². The number of nitrogens with zero attached hydrogens (tertiary/aromatic N) is 1. The van der Waals surface area contributed by atoms with Gasteiger partial charge in [-0.1, -0.05) is 38.2 Å². The summed E-state index contributed by atoms with van der Waals surface area (Å²) in [5.74, 6) is -0.357. The van der Waals surface area contributed by atoms with Gasteiger partial charge in [-0.25, -0.2) is 4.79 Å². The number of rotatable bonds is 2. The maximum Gasteiger partial charge on any atom is 0.339 e. The van der Waals surface area contributed by atoms with Crippen LogP contribution in [-0.2, 0) is 0 Å². The number of hydrogen-bond acceptors (Lipinski definition) is 3. The molecule has 1 saturated carbocycles. The molecule has 1 aromatic carbocycles. The Morgan fingerprint density at radius 1 is 1.14 bits per heavy atom. The summed E-state index contributed by atoms with van der Waals surface area (Å²) in [6.07, 6.45) is 8.96. The van der Waals surface area contributed by atoms with Crippen LogP contribution in [0.3, 0.4) is 0 Å². The normalized spacial score (nSPS) is 20.1. The summed E-state index contributed by atoms with van der Waals surface area (Å²) in [6.45, 7) is 1.44. The Balaban J connectivity index is 1.89. The number of hydrogen-bond donors (Lipinski definition) is 1. The molecule has 0 radical (unpaired) electrons. The number of para-hydroxylation sites is 1. The molecular weight excluding hydrogens is 266 g/mol. The summed E-state index contributed by atoms with van der Waals surface area (Å²) in [4.78, 5) is 13.7. The number of fused-ring (bicyclic) bond motifs is 1. The molecule has 1 heterocycles. The zero-order valence-electron chi connectivity index (χ0n) is 12.4. The van der Waals surface area contributed by atoms with Crippen molar-refractivity contribution in [1.29, 1.82) is 0 Å². The Bertz CT molecular complexity index is 507. The summed E-state index contributed by atoms with van der Waals surface area (Å²) < 4.78 is 5.67. The van der Waals surface area contributed by atoms with E-state index in [0.717, 1.165) is 12.2 Å². The highest BCUT2D eigenvalue weighted by Crippen LogP contribution is 2.38. The van der Waals surface area contributed by atoms with Gasteiger partial charge >= 0.3 is 5.97 Å². The molecule has 1 aliphatic carbocycles. The van der Waals surface area contributed by atoms with Gasteiger partial charge in [-0.15, -0.1) is 0 Å². The van der Waals surface area contributed by atoms with Crippen LogP contribution in [0.2, 0.25) is 0 Å². The lowest BCUT2D eigenvalue weighted by molar-refractivity contribution is 0.0692. The largest absolute Gasteiger partial charge is 0.489 e. The quantitative estimate of drug-likeness (QED) is 0.902. The molecule has 3 rings (SSSR count). The summed E-state index contributed by atoms with van der Waals surface area (Å²) in [5.41, 5.74) is 1.25. The van der Waals surface area contributed by atoms with Gasteiger partial charge in [0, 0.05) is 6.04 Å². The van der Waals surface area contributed by atoms with Crippen LogP contribution in [0.5, 0.6) is 5.75 Å². The van der Waals surface area contributed by atoms with E-state index >= 15 is 0 Å². The molecule has 0 atom stereocenters. The number of ether oxygens (including phenoxy) is 1. The highest BCUT2D eigenvalue weighted by molar-refractivity contribution is 5.93. The summed E-state index contributed by atoms with van der Waals surface area (Å²) in [7, 11) is 0. The first kappa shape index (κ1) is 14.2. The van der Waals surface area contributed by atoms with E-state index in [4.69, 9.17) is 4.74 Å². The van der Waals surface area contributed by atoms with Gasteiger partial charge in [-0.3, -0.25) is 0 Å². The zero-order chi connectivity index (χ0) is 14.7. The zero-order valence-corrected chi connectivity index (χ0v) is 12.4. The average molecular weight is 289 g/mol. The smallest absolute Gasteiger partial charge is 0.339 e. The van der Waals surface area contributed by atoms with Crippen LogP contribution in [-0.4, -0.2) is 30.3 Å². The first-order valence-corrected chi connectivity index (χ1v) is 8.03. The molecule has 0 saturated heterocycles. The second-order valence-corrected chi connectivity index (χ2v) is 6.00. The number of carbonyl (C=O) groups is 1. The van der Waals surface area contributed by atoms with Gasteiger partial charge in [-0.05, 0) is 25.0 Å². The predicted molar refractivity (Wildman–Crippen MR) is 82.3 cm³/mol. The molecule has 1 N–H and O–H groups in total. The fourth-order valence-electron chi connectivity index (χ4n) is 3.56. The minimum Gasteiger partial charge on any atom is -0.489 e. The van der Waals surface area contributed by atoms with E-state index in [1.807, 2.05) is 12.1 Å². The van der Waals surface area contributed by atoms with Crippen molar-refractivity contribution in [2.45, 2.75) is 51.0 Å². The lowest BCUT2D eigenvalue weighted by Crippen LogP contribution is -2.41. The second-order valence-electron chi connectivity index (χ2n) is 6.00. The van der Waals surface area contributed by atoms with Gasteiger partial charge in [0.05, 0.1) is 12.2 Å². The maximum atomic E-state index is 11.4. The van der Waals surface area contributed by atoms with Gasteiger partial charge in [0.15, 0.2) is 5.75 Å². The van der Waals surface area contributed by atoms with Crippen LogP contribution in [0.25, 0.3) is 0 Å². The first-order valence-electron chi connectivity index (χ1n) is 8.03. The molecule has 1 aromatic rings. The Labute approximate surface area is 125 Å². The van der Waals surface area contributed by atoms with E-state index in [1.165, 1.54) is 44.9 Å². The second kappa shape index (κ2) is 6.37. The molecule has 0 aromatic heterocycles. The summed E-state index contributed by atoms with van der Waals surface area (Å²) in [5, 5.41) is 9.32. The van der Waals surface area contributed by atoms with E-state index in [9.17, 15) is 9.90 Å². The van der Waals surface area contributed by atoms with E-state index in [2.05, 4.69) is 4.90 Å². The average Bonchev–Trinajstić information content (AvgIpc) is 2.46. The highest BCUT2D eigenvalue weighted by atomic mass is 16.5. The third-order valence-electron chi connectivity index (χ3n) is 4.63. The Kier molecular flexibility index (Phi) is 4.32. The van der Waals surface area contributed by atoms with Crippen molar-refractivity contribution in [3.8, 4) is 5.75 Å². The molecule has 0 unspecified atom stereocenters. The van der Waals surface area contributed by atoms with Crippen LogP contribution in [0.4, 0.5) is 5.69 Å². The van der Waals surface area contributed by atoms with E-state index in [-0.39, 0.29) is 5.56 Å². The molecular formula is C17H23NO3. The van der Waals surface area contributed by atoms with Crippen molar-refractivity contribution in [3.63, 3.8) is 0 Å². The van der Waals surface area contributed by atoms with Crippen molar-refractivity contribution in [1.82, 2.24) is 0 Å². The van der Waals surface area contributed by atoms with Crippen LogP contribution < -0.4 is 9.64 Å². The third-order valence-corrected chi connectivity index (χ3v) is 4.63. The summed E-state index contributed by atoms with van der Waals surface area (Å²) in [6, 6.07) is 5.98. The molecule has 4 nitrogen and oxygen atoms in total. The lowest BCUT2D eigenvalue weighted by Gasteiger charge is -2.39. The molecule has 114 valence electrons. The molecule has 1 aliphatic heterocycles. The van der Waals surface area contributed by atoms with Crippen molar-refractivity contribution in [2.75, 3.05) is 18.1 Å². The molecule has 0 bridgehead atoms. The van der Waals surface area contributed by atoms with Crippen LogP contribution in [0.1, 0.15) is 55.3 Å². The van der Waals surface area contributed by atoms with Crippen LogP contribution in [0, 0.1) is 0 Å². The van der Waals surface area contributed by atoms with Gasteiger partial charge in [-0.2, -0.15) is 0 Å². The number of anilines is 1. The molecule has 21 heavy (non-hydrogen) atoms. The SMILES string of the molecule is O=C(O)c1cccc2c1OCCN2C1CCCCCCC1. The van der Waals surface area contributed by atoms with E-state index in [1.54, 1.807) is 6.07 Å². The maximum absolute atomic E-state index is 11.4. The van der Waals surface area contributed by atoms with Crippen LogP contribution in [0.15, 0.2) is 18.2 Å². The Morgan fingerprint density at radius 2 is 1.86 bits per heavy atom. The number of carboxylic acid groups (broad SMARTS) is 1. The van der Waals surface area contributed by atoms with Crippen LogP contribution >= 0.6 is 0 Å². The fraction of sp³-hybridized carbons (Fsp3) is 0.588. The molecule has 2 aliphatic rings. The molecule has 1 fully saturated rings. The standard InChI is InChI=1S/C17H23NO3/c19-17(20)14-9-6-10-15-16(14)21-12-11-18(15)13-7-4-2-1-3-5-8-13/h6,9-10,13H,1-5,7-8,11-12H2,(H,19,20). The highest BCUT2D eigenvalue weighted by Gasteiger charge is 2.28. The molecule has 4 heteroatoms. The minimum absolute atomic E-state index is 0.281. The minimum atomic E-state index is -0.911. The Hall–Kier alpha value is -1.71. The van der Waals surface area contributed by atoms with Crippen molar-refractivity contribution in [2.24, 2.45) is 0 Å². The van der Waals surface area contributed by atoms with E-state index < -0.39 is 5.97 Å². The van der Waals surface area contributed by atoms with Gasteiger partial charge in [0.25, 0.3) is 0 Å². The molecule has 0 amide bonds. The van der Waals surface area contributed by atoms with Gasteiger partial charge < -0.3 is 14.7 Å². The lowest BCUT2D eigenvalue weighted by atomic mass is 9.94. The summed E-state index contributed by atoms with van der Waals surface area (Å²) >= 11 is 0. The third kappa shape index (κ3) is 2.99. The first-order chi connectivity index (χ1) is 10.3. The Morgan fingerprint density at radius 3 is 2.57 bits per heavy atom. The van der Waals surface area contributed by atoms with Crippen molar-refractivity contribution >= 4 is 11.7 Å². The van der Waals surface area contributed by atoms with Gasteiger partial charge in [0.2, 0.25) is 0 Å². The topological polar surface area (TPSA) is 49.8 Å². The molecule has 0 spiro atoms. The number of carboxylic acids is 1.